The average Bonchev–Trinajstić information content (AvgIpc) is 2.17. The fourth-order valence-electron chi connectivity index (χ4n) is 1.15. The third-order valence-electron chi connectivity index (χ3n) is 2.15. The maximum atomic E-state index is 10.8. The summed E-state index contributed by atoms with van der Waals surface area (Å²) in [4.78, 5) is 25.6. The molecule has 0 atom stereocenters. The van der Waals surface area contributed by atoms with Crippen molar-refractivity contribution in [3.8, 4) is 0 Å². The van der Waals surface area contributed by atoms with Gasteiger partial charge in [-0.3, -0.25) is 0 Å². The van der Waals surface area contributed by atoms with Crippen LogP contribution in [-0.2, 0) is 0 Å². The van der Waals surface area contributed by atoms with Crippen molar-refractivity contribution in [2.75, 3.05) is 4.90 Å². The molecule has 1 rings (SSSR count). The van der Waals surface area contributed by atoms with Gasteiger partial charge in [-0.25, -0.2) is 14.6 Å². The Bertz CT molecular complexity index is 447. The molecule has 0 saturated heterocycles. The first kappa shape index (κ1) is 12.4. The molecule has 2 amide bonds. The molecule has 0 bridgehead atoms. The zero-order chi connectivity index (χ0) is 12.5. The number of nitrogens with zero attached hydrogens (tertiary/aromatic N) is 2. The maximum absolute atomic E-state index is 10.8. The van der Waals surface area contributed by atoms with E-state index in [-0.39, 0.29) is 10.7 Å². The van der Waals surface area contributed by atoms with Gasteiger partial charge < -0.3 is 10.2 Å². The summed E-state index contributed by atoms with van der Waals surface area (Å²) in [7, 11) is 0. The monoisotopic (exact) mass is 288 g/mol. The van der Waals surface area contributed by atoms with Gasteiger partial charge in [-0.2, -0.15) is 4.90 Å². The number of imide groups is 1. The Morgan fingerprint density at radius 2 is 1.75 bits per heavy atom. The Labute approximate surface area is 99.6 Å². The first-order valence-electron chi connectivity index (χ1n) is 4.24. The minimum Gasteiger partial charge on any atom is -0.464 e. The molecule has 6 nitrogen and oxygen atoms in total. The number of anilines is 1. The number of pyridine rings is 1. The Hall–Kier alpha value is -1.63. The second-order valence-electron chi connectivity index (χ2n) is 3.08. The molecule has 0 saturated carbocycles. The number of hydrogen-bond donors (Lipinski definition) is 2. The van der Waals surface area contributed by atoms with Crippen molar-refractivity contribution in [2.24, 2.45) is 0 Å². The van der Waals surface area contributed by atoms with Gasteiger partial charge in [-0.05, 0) is 40.9 Å². The molecule has 0 aliphatic heterocycles. The lowest BCUT2D eigenvalue weighted by atomic mass is 10.1. The van der Waals surface area contributed by atoms with Gasteiger partial charge in [-0.15, -0.1) is 0 Å². The summed E-state index contributed by atoms with van der Waals surface area (Å²) in [6.45, 7) is 3.35. The van der Waals surface area contributed by atoms with E-state index in [1.54, 1.807) is 13.8 Å². The van der Waals surface area contributed by atoms with Crippen LogP contribution >= 0.6 is 15.9 Å². The summed E-state index contributed by atoms with van der Waals surface area (Å²) in [5.41, 5.74) is 1.25. The summed E-state index contributed by atoms with van der Waals surface area (Å²) in [5, 5.41) is 17.6. The van der Waals surface area contributed by atoms with Crippen LogP contribution in [0.5, 0.6) is 0 Å². The van der Waals surface area contributed by atoms with Crippen LogP contribution in [0, 0.1) is 13.8 Å². The van der Waals surface area contributed by atoms with Crippen molar-refractivity contribution >= 4 is 33.9 Å². The van der Waals surface area contributed by atoms with Crippen molar-refractivity contribution < 1.29 is 19.8 Å². The molecule has 2 N–H and O–H groups in total. The highest BCUT2D eigenvalue weighted by Crippen LogP contribution is 2.26. The van der Waals surface area contributed by atoms with Crippen LogP contribution in [0.2, 0.25) is 0 Å². The Morgan fingerprint density at radius 3 is 2.19 bits per heavy atom. The summed E-state index contributed by atoms with van der Waals surface area (Å²) < 4.78 is 0.699. The lowest BCUT2D eigenvalue weighted by molar-refractivity contribution is 0.184. The predicted octanol–water partition coefficient (Wildman–Crippen LogP) is 2.62. The van der Waals surface area contributed by atoms with Crippen molar-refractivity contribution in [3.63, 3.8) is 0 Å². The van der Waals surface area contributed by atoms with Gasteiger partial charge in [0.05, 0.1) is 0 Å². The van der Waals surface area contributed by atoms with E-state index in [9.17, 15) is 9.59 Å². The van der Waals surface area contributed by atoms with Gasteiger partial charge in [0.25, 0.3) is 0 Å². The van der Waals surface area contributed by atoms with Crippen molar-refractivity contribution in [2.45, 2.75) is 13.8 Å². The number of carboxylic acid groups (broad SMARTS) is 2. The third kappa shape index (κ3) is 2.13. The smallest absolute Gasteiger partial charge is 0.422 e. The van der Waals surface area contributed by atoms with Crippen LogP contribution < -0.4 is 4.90 Å². The van der Waals surface area contributed by atoms with Gasteiger partial charge in [-0.1, -0.05) is 0 Å². The van der Waals surface area contributed by atoms with E-state index in [1.807, 2.05) is 0 Å². The van der Waals surface area contributed by atoms with Gasteiger partial charge in [0.1, 0.15) is 0 Å². The first-order valence-corrected chi connectivity index (χ1v) is 5.03. The largest absolute Gasteiger partial charge is 0.464 e. The van der Waals surface area contributed by atoms with Crippen molar-refractivity contribution in [1.29, 1.82) is 0 Å². The molecule has 86 valence electrons. The molecule has 0 aromatic carbocycles. The summed E-state index contributed by atoms with van der Waals surface area (Å²) in [5.74, 6) is -0.0966. The molecule has 16 heavy (non-hydrogen) atoms. The predicted molar refractivity (Wildman–Crippen MR) is 59.9 cm³/mol. The van der Waals surface area contributed by atoms with Crippen LogP contribution in [-0.4, -0.2) is 27.4 Å². The molecule has 0 unspecified atom stereocenters. The van der Waals surface area contributed by atoms with Gasteiger partial charge >= 0.3 is 12.2 Å². The second kappa shape index (κ2) is 4.48. The van der Waals surface area contributed by atoms with Crippen LogP contribution in [0.1, 0.15) is 11.1 Å². The Morgan fingerprint density at radius 1 is 1.25 bits per heavy atom. The van der Waals surface area contributed by atoms with E-state index in [4.69, 9.17) is 10.2 Å². The van der Waals surface area contributed by atoms with Gasteiger partial charge in [0, 0.05) is 10.7 Å². The van der Waals surface area contributed by atoms with Crippen molar-refractivity contribution in [1.82, 2.24) is 4.98 Å². The van der Waals surface area contributed by atoms with E-state index in [2.05, 4.69) is 20.9 Å². The molecule has 0 fully saturated rings. The number of rotatable bonds is 1. The Balaban J connectivity index is 3.37. The number of amides is 2. The molecule has 0 aliphatic rings. The van der Waals surface area contributed by atoms with Crippen LogP contribution in [0.25, 0.3) is 0 Å². The fourth-order valence-corrected chi connectivity index (χ4v) is 1.55. The minimum absolute atomic E-state index is 0.0966. The Kier molecular flexibility index (Phi) is 3.48. The van der Waals surface area contributed by atoms with Crippen molar-refractivity contribution in [3.05, 3.63) is 21.8 Å². The summed E-state index contributed by atoms with van der Waals surface area (Å²) >= 11 is 3.23. The van der Waals surface area contributed by atoms with E-state index in [0.29, 0.717) is 10.0 Å². The number of hydrogen-bond acceptors (Lipinski definition) is 3. The fraction of sp³-hybridized carbons (Fsp3) is 0.222. The lowest BCUT2D eigenvalue weighted by Gasteiger charge is -2.16. The first-order chi connectivity index (χ1) is 7.36. The van der Waals surface area contributed by atoms with Crippen LogP contribution in [0.4, 0.5) is 15.4 Å². The van der Waals surface area contributed by atoms with Gasteiger partial charge in [0.15, 0.2) is 5.82 Å². The highest BCUT2D eigenvalue weighted by atomic mass is 79.9. The highest BCUT2D eigenvalue weighted by Gasteiger charge is 2.26. The summed E-state index contributed by atoms with van der Waals surface area (Å²) in [6, 6.07) is 0. The minimum atomic E-state index is -1.58. The SMILES string of the molecule is Cc1c(Br)cnc(N(C(=O)O)C(=O)O)c1C. The topological polar surface area (TPSA) is 90.7 Å². The normalized spacial score (nSPS) is 9.94. The third-order valence-corrected chi connectivity index (χ3v) is 2.95. The average molecular weight is 289 g/mol. The van der Waals surface area contributed by atoms with E-state index >= 15 is 0 Å². The standard InChI is InChI=1S/C9H9BrN2O4/c1-4-5(2)7(11-3-6(4)10)12(8(13)14)9(15)16/h3H,1-2H3,(H,13,14)(H,15,16). The highest BCUT2D eigenvalue weighted by molar-refractivity contribution is 9.10. The molecule has 1 aromatic heterocycles. The molecular formula is C9H9BrN2O4. The van der Waals surface area contributed by atoms with E-state index < -0.39 is 12.2 Å². The quantitative estimate of drug-likeness (QED) is 0.829. The molecule has 1 heterocycles. The van der Waals surface area contributed by atoms with Crippen LogP contribution in [0.15, 0.2) is 10.7 Å². The molecule has 0 spiro atoms. The second-order valence-corrected chi connectivity index (χ2v) is 3.93. The van der Waals surface area contributed by atoms with Gasteiger partial charge in [0.2, 0.25) is 0 Å². The molecule has 0 radical (unpaired) electrons. The van der Waals surface area contributed by atoms with Crippen LogP contribution in [0.3, 0.4) is 0 Å². The van der Waals surface area contributed by atoms with E-state index in [0.717, 1.165) is 5.56 Å². The zero-order valence-corrected chi connectivity index (χ0v) is 10.1. The molecule has 0 aliphatic carbocycles. The lowest BCUT2D eigenvalue weighted by Crippen LogP contribution is -2.35. The summed E-state index contributed by atoms with van der Waals surface area (Å²) in [6.07, 6.45) is -1.79. The molecular weight excluding hydrogens is 280 g/mol. The number of halogens is 1. The molecule has 7 heteroatoms. The maximum Gasteiger partial charge on any atom is 0.422 e. The number of carbonyl (C=O) groups is 2. The molecule has 1 aromatic rings. The zero-order valence-electron chi connectivity index (χ0n) is 8.56. The number of aromatic nitrogens is 1. The van der Waals surface area contributed by atoms with E-state index in [1.165, 1.54) is 6.20 Å².